The van der Waals surface area contributed by atoms with Gasteiger partial charge in [0.25, 0.3) is 0 Å². The van der Waals surface area contributed by atoms with Gasteiger partial charge in [-0.25, -0.2) is 0 Å². The molecule has 2 aromatic rings. The molecule has 0 saturated heterocycles. The lowest BCUT2D eigenvalue weighted by Gasteiger charge is -2.49. The van der Waals surface area contributed by atoms with Crippen LogP contribution in [0.4, 0.5) is 0 Å². The average molecular weight is 864 g/mol. The van der Waals surface area contributed by atoms with Crippen LogP contribution >= 0.6 is 7.55 Å². The summed E-state index contributed by atoms with van der Waals surface area (Å²) in [6.07, 6.45) is 32.6. The maximum absolute atomic E-state index is 4.29. The molecule has 0 radical (unpaired) electrons. The molecule has 2 fully saturated rings. The Kier molecular flexibility index (Phi) is 24.9. The maximum atomic E-state index is 4.29. The minimum absolute atomic E-state index is 0. The van der Waals surface area contributed by atoms with Crippen molar-refractivity contribution in [3.05, 3.63) is 131 Å². The summed E-state index contributed by atoms with van der Waals surface area (Å²) in [4.78, 5) is 0. The van der Waals surface area contributed by atoms with Gasteiger partial charge in [0.2, 0.25) is 0 Å². The van der Waals surface area contributed by atoms with Crippen molar-refractivity contribution in [2.75, 3.05) is 6.66 Å². The monoisotopic (exact) mass is 864 g/mol. The number of fused-ring (bicyclic) bond motifs is 1. The van der Waals surface area contributed by atoms with Crippen LogP contribution in [0.3, 0.4) is 0 Å². The van der Waals surface area contributed by atoms with Crippen molar-refractivity contribution in [1.29, 1.82) is 0 Å². The molecule has 0 bridgehead atoms. The SMILES string of the molecule is C.C.C=CCC(C)C(C)C(C)CC(C)C.C=CCC1CCCC1(C)CCC1C(CC)CCC2=CC(=C)C=CC21C.C=[P+](C)C(C)c1c(C)ccc(CCc2cccc(C)c2)c1C. The maximum Gasteiger partial charge on any atom is 0.138 e. The first-order valence-corrected chi connectivity index (χ1v) is 26.3. The second-order valence-electron chi connectivity index (χ2n) is 21.0. The highest BCUT2D eigenvalue weighted by Crippen LogP contribution is 2.56. The third kappa shape index (κ3) is 15.8. The zero-order chi connectivity index (χ0) is 44.8. The minimum atomic E-state index is -0.190. The lowest BCUT2D eigenvalue weighted by Crippen LogP contribution is -2.39. The van der Waals surface area contributed by atoms with E-state index >= 15 is 0 Å². The molecule has 0 nitrogen and oxygen atoms in total. The summed E-state index contributed by atoms with van der Waals surface area (Å²) in [5, 5.41) is 0. The number of rotatable bonds is 17. The van der Waals surface area contributed by atoms with Gasteiger partial charge in [0, 0.05) is 11.0 Å². The van der Waals surface area contributed by atoms with E-state index in [9.17, 15) is 0 Å². The Morgan fingerprint density at radius 3 is 2.19 bits per heavy atom. The molecule has 2 aromatic carbocycles. The Bertz CT molecular complexity index is 1760. The summed E-state index contributed by atoms with van der Waals surface area (Å²) in [5.74, 6) is 5.80. The van der Waals surface area contributed by atoms with Crippen molar-refractivity contribution in [2.45, 2.75) is 187 Å². The van der Waals surface area contributed by atoms with Gasteiger partial charge in [-0.05, 0) is 173 Å². The Hall–Kier alpha value is -2.69. The quantitative estimate of drug-likeness (QED) is 0.110. The Balaban J connectivity index is 0.000000480. The van der Waals surface area contributed by atoms with Gasteiger partial charge in [-0.1, -0.05) is 168 Å². The minimum Gasteiger partial charge on any atom is -0.103 e. The van der Waals surface area contributed by atoms with Crippen LogP contribution in [0.5, 0.6) is 0 Å². The van der Waals surface area contributed by atoms with E-state index in [-0.39, 0.29) is 27.8 Å². The van der Waals surface area contributed by atoms with E-state index in [1.165, 1.54) is 103 Å². The van der Waals surface area contributed by atoms with Gasteiger partial charge >= 0.3 is 0 Å². The topological polar surface area (TPSA) is 0 Å². The molecular weight excluding hydrogens is 764 g/mol. The summed E-state index contributed by atoms with van der Waals surface area (Å²) in [6, 6.07) is 13.5. The van der Waals surface area contributed by atoms with Crippen molar-refractivity contribution in [3.8, 4) is 0 Å². The van der Waals surface area contributed by atoms with Crippen LogP contribution in [-0.4, -0.2) is 13.0 Å². The molecule has 0 amide bonds. The standard InChI is InChI=1S/C25H38.C21H28P.C13H26.2CH4/c1-6-9-21-10-8-15-24(21,4)16-14-23-20(7-2)11-12-22-18-19(3)13-17-25(22,23)5;1-15-8-7-9-19(14-15)11-13-20-12-10-16(2)21(17(20)3)18(4)22(5)6;1-7-8-11(4)13(6)12(5)9-10(2)3;;/h6,13,17-18,20-21,23H,1,3,7-12,14-16H2,2,4-5H3;7-10,12,14,18H,5,11,13H2,1-4,6H3;7,10-13H,1,8-9H2,2-6H3;2*1H4/q;+1;;;. The fraction of sp³-hybridized carbons (Fsp3) is 0.623. The van der Waals surface area contributed by atoms with Crippen LogP contribution in [0, 0.1) is 73.0 Å². The van der Waals surface area contributed by atoms with Crippen LogP contribution in [0.15, 0.2) is 97.7 Å². The van der Waals surface area contributed by atoms with Crippen molar-refractivity contribution >= 4 is 13.8 Å². The van der Waals surface area contributed by atoms with Crippen LogP contribution in [0.25, 0.3) is 0 Å². The summed E-state index contributed by atoms with van der Waals surface area (Å²) >= 11 is 0. The van der Waals surface area contributed by atoms with E-state index in [0.717, 1.165) is 60.7 Å². The van der Waals surface area contributed by atoms with Gasteiger partial charge in [0.05, 0.1) is 20.5 Å². The molecule has 0 aromatic heterocycles. The predicted octanol–water partition coefficient (Wildman–Crippen LogP) is 19.4. The molecule has 3 aliphatic carbocycles. The molecule has 10 atom stereocenters. The Morgan fingerprint density at radius 1 is 0.903 bits per heavy atom. The lowest BCUT2D eigenvalue weighted by molar-refractivity contribution is 0.104. The molecule has 0 N–H and O–H groups in total. The highest BCUT2D eigenvalue weighted by molar-refractivity contribution is 7.55. The van der Waals surface area contributed by atoms with Gasteiger partial charge in [-0.3, -0.25) is 0 Å². The fourth-order valence-corrected chi connectivity index (χ4v) is 12.3. The van der Waals surface area contributed by atoms with Crippen LogP contribution in [-0.2, 0) is 12.8 Å². The predicted molar refractivity (Wildman–Crippen MR) is 289 cm³/mol. The van der Waals surface area contributed by atoms with Gasteiger partial charge < -0.3 is 0 Å². The van der Waals surface area contributed by atoms with Crippen LogP contribution in [0.2, 0.25) is 0 Å². The molecule has 3 aliphatic rings. The van der Waals surface area contributed by atoms with Crippen molar-refractivity contribution in [1.82, 2.24) is 0 Å². The number of hydrogen-bond acceptors (Lipinski definition) is 0. The highest BCUT2D eigenvalue weighted by atomic mass is 31.1. The summed E-state index contributed by atoms with van der Waals surface area (Å²) in [5.41, 5.74) is 12.9. The molecule has 2 saturated carbocycles. The van der Waals surface area contributed by atoms with Gasteiger partial charge in [0.15, 0.2) is 0 Å². The van der Waals surface area contributed by atoms with Crippen LogP contribution < -0.4 is 0 Å². The summed E-state index contributed by atoms with van der Waals surface area (Å²) in [7, 11) is -0.190. The van der Waals surface area contributed by atoms with E-state index in [1.807, 2.05) is 6.08 Å². The second kappa shape index (κ2) is 26.9. The first-order valence-electron chi connectivity index (χ1n) is 24.3. The van der Waals surface area contributed by atoms with Gasteiger partial charge in [0.1, 0.15) is 5.66 Å². The molecule has 0 aliphatic heterocycles. The zero-order valence-corrected chi connectivity index (χ0v) is 42.3. The van der Waals surface area contributed by atoms with E-state index in [2.05, 4.69) is 176 Å². The molecule has 0 heterocycles. The normalized spacial score (nSPS) is 24.9. The summed E-state index contributed by atoms with van der Waals surface area (Å²) in [6.45, 7) is 42.5. The third-order valence-electron chi connectivity index (χ3n) is 16.0. The smallest absolute Gasteiger partial charge is 0.103 e. The molecule has 348 valence electrons. The lowest BCUT2D eigenvalue weighted by atomic mass is 9.55. The Labute approximate surface area is 389 Å². The number of aryl methyl sites for hydroxylation is 4. The third-order valence-corrected chi connectivity index (χ3v) is 17.6. The average Bonchev–Trinajstić information content (AvgIpc) is 3.56. The highest BCUT2D eigenvalue weighted by Gasteiger charge is 2.46. The van der Waals surface area contributed by atoms with Crippen LogP contribution in [0.1, 0.15) is 187 Å². The first-order chi connectivity index (χ1) is 28.3. The first kappa shape index (κ1) is 57.3. The van der Waals surface area contributed by atoms with E-state index in [1.54, 1.807) is 5.57 Å². The molecule has 0 spiro atoms. The largest absolute Gasteiger partial charge is 0.138 e. The molecule has 10 unspecified atom stereocenters. The number of benzene rings is 2. The Morgan fingerprint density at radius 2 is 1.60 bits per heavy atom. The zero-order valence-electron chi connectivity index (χ0n) is 41.4. The van der Waals surface area contributed by atoms with Crippen molar-refractivity contribution < 1.29 is 0 Å². The van der Waals surface area contributed by atoms with E-state index in [0.29, 0.717) is 11.1 Å². The number of hydrogen-bond donors (Lipinski definition) is 0. The second-order valence-corrected chi connectivity index (χ2v) is 23.2. The summed E-state index contributed by atoms with van der Waals surface area (Å²) < 4.78 is 0. The number of allylic oxidation sites excluding steroid dienone is 7. The van der Waals surface area contributed by atoms with Gasteiger partial charge in [-0.2, -0.15) is 0 Å². The van der Waals surface area contributed by atoms with Gasteiger partial charge in [-0.15, -0.1) is 13.2 Å². The van der Waals surface area contributed by atoms with E-state index in [4.69, 9.17) is 0 Å². The van der Waals surface area contributed by atoms with E-state index < -0.39 is 0 Å². The fourth-order valence-electron chi connectivity index (χ4n) is 11.5. The molecule has 1 heteroatoms. The molecule has 62 heavy (non-hydrogen) atoms. The van der Waals surface area contributed by atoms with Crippen molar-refractivity contribution in [2.24, 2.45) is 52.3 Å². The molecular formula is C61H100P+. The van der Waals surface area contributed by atoms with Crippen molar-refractivity contribution in [3.63, 3.8) is 0 Å². The molecule has 5 rings (SSSR count).